The highest BCUT2D eigenvalue weighted by Gasteiger charge is 2.31. The number of hydrogen-bond acceptors (Lipinski definition) is 2. The van der Waals surface area contributed by atoms with Crippen molar-refractivity contribution in [1.82, 2.24) is 0 Å². The van der Waals surface area contributed by atoms with Crippen LogP contribution in [-0.2, 0) is 11.0 Å². The Hall–Kier alpha value is -0.790. The Labute approximate surface area is 116 Å². The number of nitrogens with one attached hydrogen (secondary N) is 1. The predicted molar refractivity (Wildman–Crippen MR) is 68.7 cm³/mol. The van der Waals surface area contributed by atoms with Crippen molar-refractivity contribution in [2.24, 2.45) is 5.73 Å². The van der Waals surface area contributed by atoms with E-state index in [9.17, 15) is 18.0 Å². The summed E-state index contributed by atoms with van der Waals surface area (Å²) in [5, 5.41) is 2.30. The summed E-state index contributed by atoms with van der Waals surface area (Å²) in [6.45, 7) is 1.44. The van der Waals surface area contributed by atoms with Gasteiger partial charge in [0.25, 0.3) is 0 Å². The van der Waals surface area contributed by atoms with Gasteiger partial charge < -0.3 is 11.1 Å². The van der Waals surface area contributed by atoms with E-state index in [0.29, 0.717) is 0 Å². The van der Waals surface area contributed by atoms with E-state index in [0.717, 1.165) is 12.1 Å². The molecule has 0 radical (unpaired) electrons. The number of nitrogens with two attached hydrogens (primary N) is 1. The molecule has 0 saturated carbocycles. The summed E-state index contributed by atoms with van der Waals surface area (Å²) in [7, 11) is 0. The largest absolute Gasteiger partial charge is 0.416 e. The average Bonchev–Trinajstić information content (AvgIpc) is 2.15. The molecule has 0 saturated heterocycles. The highest BCUT2D eigenvalue weighted by atomic mass is 79.9. The SMILES string of the molecule is CC(N)C(=O)Nc1cc(Br)cc(C(F)(F)F)c1.Cl. The first-order valence-corrected chi connectivity index (χ1v) is 5.43. The van der Waals surface area contributed by atoms with Crippen molar-refractivity contribution in [1.29, 1.82) is 0 Å². The standard InChI is InChI=1S/C10H10BrF3N2O.ClH/c1-5(15)9(17)16-8-3-6(10(12,13)14)2-7(11)4-8;/h2-5H,15H2,1H3,(H,16,17);1H. The minimum atomic E-state index is -4.46. The molecule has 1 atom stereocenters. The Bertz CT molecular complexity index is 438. The second-order valence-electron chi connectivity index (χ2n) is 3.50. The molecule has 3 nitrogen and oxygen atoms in total. The van der Waals surface area contributed by atoms with Crippen LogP contribution in [0.15, 0.2) is 22.7 Å². The number of amides is 1. The van der Waals surface area contributed by atoms with Crippen molar-refractivity contribution >= 4 is 39.9 Å². The highest BCUT2D eigenvalue weighted by Crippen LogP contribution is 2.33. The van der Waals surface area contributed by atoms with E-state index in [1.165, 1.54) is 13.0 Å². The van der Waals surface area contributed by atoms with Crippen molar-refractivity contribution in [3.05, 3.63) is 28.2 Å². The zero-order valence-electron chi connectivity index (χ0n) is 9.22. The Balaban J connectivity index is 0.00000289. The molecule has 0 spiro atoms. The van der Waals surface area contributed by atoms with E-state index in [-0.39, 0.29) is 22.6 Å². The van der Waals surface area contributed by atoms with Crippen molar-refractivity contribution in [2.75, 3.05) is 5.32 Å². The summed E-state index contributed by atoms with van der Waals surface area (Å²) in [5.41, 5.74) is 4.51. The van der Waals surface area contributed by atoms with Crippen LogP contribution in [0.3, 0.4) is 0 Å². The zero-order valence-corrected chi connectivity index (χ0v) is 11.6. The normalized spacial score (nSPS) is 12.6. The van der Waals surface area contributed by atoms with E-state index in [4.69, 9.17) is 5.73 Å². The van der Waals surface area contributed by atoms with Gasteiger partial charge in [0.2, 0.25) is 5.91 Å². The van der Waals surface area contributed by atoms with Crippen LogP contribution in [0.5, 0.6) is 0 Å². The third kappa shape index (κ3) is 4.83. The maximum absolute atomic E-state index is 12.5. The van der Waals surface area contributed by atoms with Gasteiger partial charge in [0.15, 0.2) is 0 Å². The molecule has 8 heteroatoms. The number of hydrogen-bond donors (Lipinski definition) is 2. The third-order valence-electron chi connectivity index (χ3n) is 1.91. The van der Waals surface area contributed by atoms with E-state index in [1.807, 2.05) is 0 Å². The Kier molecular flexibility index (Phi) is 6.12. The summed E-state index contributed by atoms with van der Waals surface area (Å²) >= 11 is 2.95. The molecule has 0 aliphatic heterocycles. The van der Waals surface area contributed by atoms with Crippen molar-refractivity contribution in [2.45, 2.75) is 19.1 Å². The van der Waals surface area contributed by atoms with Gasteiger partial charge in [-0.25, -0.2) is 0 Å². The first-order chi connectivity index (χ1) is 7.70. The average molecular weight is 348 g/mol. The van der Waals surface area contributed by atoms with E-state index < -0.39 is 23.7 Å². The van der Waals surface area contributed by atoms with Crippen LogP contribution < -0.4 is 11.1 Å². The van der Waals surface area contributed by atoms with Gasteiger partial charge in [0.1, 0.15) is 0 Å². The lowest BCUT2D eigenvalue weighted by atomic mass is 10.2. The number of alkyl halides is 3. The van der Waals surface area contributed by atoms with E-state index in [2.05, 4.69) is 21.2 Å². The van der Waals surface area contributed by atoms with Crippen molar-refractivity contribution in [3.8, 4) is 0 Å². The molecule has 0 bridgehead atoms. The first kappa shape index (κ1) is 17.2. The quantitative estimate of drug-likeness (QED) is 0.863. The monoisotopic (exact) mass is 346 g/mol. The highest BCUT2D eigenvalue weighted by molar-refractivity contribution is 9.10. The molecule has 1 aromatic rings. The van der Waals surface area contributed by atoms with Crippen LogP contribution in [0.4, 0.5) is 18.9 Å². The summed E-state index contributed by atoms with van der Waals surface area (Å²) in [5.74, 6) is -0.545. The van der Waals surface area contributed by atoms with Crippen LogP contribution in [0.1, 0.15) is 12.5 Å². The summed E-state index contributed by atoms with van der Waals surface area (Å²) in [6, 6.07) is 2.37. The molecule has 3 N–H and O–H groups in total. The smallest absolute Gasteiger partial charge is 0.325 e. The second-order valence-corrected chi connectivity index (χ2v) is 4.42. The van der Waals surface area contributed by atoms with Gasteiger partial charge in [-0.3, -0.25) is 4.79 Å². The molecule has 18 heavy (non-hydrogen) atoms. The number of anilines is 1. The molecule has 1 unspecified atom stereocenters. The lowest BCUT2D eigenvalue weighted by Crippen LogP contribution is -2.32. The summed E-state index contributed by atoms with van der Waals surface area (Å²) in [4.78, 5) is 11.3. The van der Waals surface area contributed by atoms with Gasteiger partial charge in [-0.2, -0.15) is 13.2 Å². The molecule has 102 valence electrons. The van der Waals surface area contributed by atoms with Gasteiger partial charge in [-0.05, 0) is 25.1 Å². The maximum Gasteiger partial charge on any atom is 0.416 e. The number of benzene rings is 1. The maximum atomic E-state index is 12.5. The van der Waals surface area contributed by atoms with Crippen LogP contribution >= 0.6 is 28.3 Å². The zero-order chi connectivity index (χ0) is 13.2. The molecule has 0 aliphatic rings. The Morgan fingerprint density at radius 1 is 1.39 bits per heavy atom. The number of carbonyl (C=O) groups is 1. The molecule has 0 heterocycles. The van der Waals surface area contributed by atoms with Gasteiger partial charge >= 0.3 is 6.18 Å². The first-order valence-electron chi connectivity index (χ1n) is 4.64. The third-order valence-corrected chi connectivity index (χ3v) is 2.36. The van der Waals surface area contributed by atoms with Gasteiger partial charge in [-0.15, -0.1) is 12.4 Å². The van der Waals surface area contributed by atoms with E-state index >= 15 is 0 Å². The minimum Gasteiger partial charge on any atom is -0.325 e. The fraction of sp³-hybridized carbons (Fsp3) is 0.300. The topological polar surface area (TPSA) is 55.1 Å². The molecule has 1 aromatic carbocycles. The molecule has 1 amide bonds. The summed E-state index contributed by atoms with van der Waals surface area (Å²) in [6.07, 6.45) is -4.46. The fourth-order valence-electron chi connectivity index (χ4n) is 1.08. The van der Waals surface area contributed by atoms with Crippen molar-refractivity contribution < 1.29 is 18.0 Å². The molecule has 0 fully saturated rings. The Morgan fingerprint density at radius 3 is 2.39 bits per heavy atom. The molecule has 1 rings (SSSR count). The fourth-order valence-corrected chi connectivity index (χ4v) is 1.57. The van der Waals surface area contributed by atoms with E-state index in [1.54, 1.807) is 0 Å². The number of rotatable bonds is 2. The summed E-state index contributed by atoms with van der Waals surface area (Å²) < 4.78 is 37.7. The predicted octanol–water partition coefficient (Wildman–Crippen LogP) is 3.18. The van der Waals surface area contributed by atoms with Crippen LogP contribution in [0.2, 0.25) is 0 Å². The van der Waals surface area contributed by atoms with Gasteiger partial charge in [0.05, 0.1) is 11.6 Å². The minimum absolute atomic E-state index is 0. The number of carbonyl (C=O) groups excluding carboxylic acids is 1. The Morgan fingerprint density at radius 2 is 1.94 bits per heavy atom. The van der Waals surface area contributed by atoms with Crippen LogP contribution in [0.25, 0.3) is 0 Å². The van der Waals surface area contributed by atoms with Gasteiger partial charge in [0, 0.05) is 10.2 Å². The van der Waals surface area contributed by atoms with Crippen LogP contribution in [-0.4, -0.2) is 11.9 Å². The lowest BCUT2D eigenvalue weighted by molar-refractivity contribution is -0.137. The molecule has 0 aromatic heterocycles. The molecular formula is C10H11BrClF3N2O. The van der Waals surface area contributed by atoms with Gasteiger partial charge in [-0.1, -0.05) is 15.9 Å². The lowest BCUT2D eigenvalue weighted by Gasteiger charge is -2.12. The molecular weight excluding hydrogens is 336 g/mol. The molecule has 0 aliphatic carbocycles. The van der Waals surface area contributed by atoms with Crippen LogP contribution in [0, 0.1) is 0 Å². The second kappa shape index (κ2) is 6.40. The van der Waals surface area contributed by atoms with Crippen molar-refractivity contribution in [3.63, 3.8) is 0 Å². The number of halogens is 5.